The zero-order valence-corrected chi connectivity index (χ0v) is 8.71. The van der Waals surface area contributed by atoms with Crippen LogP contribution in [0.15, 0.2) is 11.6 Å². The number of carbonyl (C=O) groups excluding carboxylic acids is 1. The van der Waals surface area contributed by atoms with Crippen LogP contribution in [0.4, 0.5) is 0 Å². The molecule has 0 radical (unpaired) electrons. The van der Waals surface area contributed by atoms with Gasteiger partial charge in [0, 0.05) is 26.7 Å². The van der Waals surface area contributed by atoms with Gasteiger partial charge in [-0.05, 0) is 13.8 Å². The maximum atomic E-state index is 11.3. The van der Waals surface area contributed by atoms with Gasteiger partial charge in [-0.15, -0.1) is 0 Å². The first-order valence-corrected chi connectivity index (χ1v) is 4.69. The molecule has 1 saturated heterocycles. The van der Waals surface area contributed by atoms with Crippen LogP contribution in [0.1, 0.15) is 13.8 Å². The van der Waals surface area contributed by atoms with Crippen molar-refractivity contribution in [3.8, 4) is 0 Å². The molecule has 0 bridgehead atoms. The average molecular weight is 182 g/mol. The summed E-state index contributed by atoms with van der Waals surface area (Å²) in [5.41, 5.74) is 1.31. The van der Waals surface area contributed by atoms with Gasteiger partial charge in [0.2, 0.25) is 5.91 Å². The first-order chi connectivity index (χ1) is 6.09. The molecule has 0 N–H and O–H groups in total. The third-order valence-electron chi connectivity index (χ3n) is 2.29. The fourth-order valence-electron chi connectivity index (χ4n) is 1.27. The van der Waals surface area contributed by atoms with E-state index in [4.69, 9.17) is 0 Å². The van der Waals surface area contributed by atoms with Crippen LogP contribution in [-0.4, -0.2) is 48.9 Å². The number of hydrogen-bond donors (Lipinski definition) is 0. The van der Waals surface area contributed by atoms with E-state index in [-0.39, 0.29) is 5.91 Å². The zero-order chi connectivity index (χ0) is 9.84. The fourth-order valence-corrected chi connectivity index (χ4v) is 1.27. The van der Waals surface area contributed by atoms with Crippen LogP contribution in [0, 0.1) is 0 Å². The van der Waals surface area contributed by atoms with E-state index in [1.807, 2.05) is 7.05 Å². The molecule has 1 amide bonds. The molecule has 3 heteroatoms. The first-order valence-electron chi connectivity index (χ1n) is 4.69. The standard InChI is InChI=1S/C10H18N2O/c1-9(2)4-5-12-7-6-11(3)10(13)8-12/h4H,5-8H2,1-3H3. The van der Waals surface area contributed by atoms with Crippen LogP contribution in [0.3, 0.4) is 0 Å². The molecule has 0 unspecified atom stereocenters. The normalized spacial score (nSPS) is 19.0. The quantitative estimate of drug-likeness (QED) is 0.588. The SMILES string of the molecule is CC(C)=CCN1CCN(C)C(=O)C1. The van der Waals surface area contributed by atoms with Crippen molar-refractivity contribution in [1.82, 2.24) is 9.80 Å². The highest BCUT2D eigenvalue weighted by Gasteiger charge is 2.19. The van der Waals surface area contributed by atoms with E-state index < -0.39 is 0 Å². The topological polar surface area (TPSA) is 23.6 Å². The molecule has 1 aliphatic heterocycles. The smallest absolute Gasteiger partial charge is 0.236 e. The number of amides is 1. The van der Waals surface area contributed by atoms with Gasteiger partial charge in [0.25, 0.3) is 0 Å². The van der Waals surface area contributed by atoms with Crippen LogP contribution in [0.25, 0.3) is 0 Å². The van der Waals surface area contributed by atoms with Gasteiger partial charge in [-0.3, -0.25) is 9.69 Å². The van der Waals surface area contributed by atoms with Gasteiger partial charge in [0.15, 0.2) is 0 Å². The largest absolute Gasteiger partial charge is 0.343 e. The Kier molecular flexibility index (Phi) is 3.48. The van der Waals surface area contributed by atoms with E-state index in [0.29, 0.717) is 6.54 Å². The first kappa shape index (κ1) is 10.3. The van der Waals surface area contributed by atoms with E-state index in [9.17, 15) is 4.79 Å². The maximum Gasteiger partial charge on any atom is 0.236 e. The van der Waals surface area contributed by atoms with Crippen molar-refractivity contribution in [2.45, 2.75) is 13.8 Å². The number of hydrogen-bond acceptors (Lipinski definition) is 2. The van der Waals surface area contributed by atoms with Crippen LogP contribution in [0.5, 0.6) is 0 Å². The molecule has 13 heavy (non-hydrogen) atoms. The molecule has 0 aromatic heterocycles. The predicted octanol–water partition coefficient (Wildman–Crippen LogP) is 0.727. The molecule has 0 aromatic rings. The summed E-state index contributed by atoms with van der Waals surface area (Å²) in [6, 6.07) is 0. The Bertz CT molecular complexity index is 219. The Balaban J connectivity index is 2.38. The monoisotopic (exact) mass is 182 g/mol. The molecule has 0 spiro atoms. The van der Waals surface area contributed by atoms with Crippen molar-refractivity contribution < 1.29 is 4.79 Å². The second-order valence-corrected chi connectivity index (χ2v) is 3.83. The molecule has 1 fully saturated rings. The summed E-state index contributed by atoms with van der Waals surface area (Å²) in [5.74, 6) is 0.230. The minimum atomic E-state index is 0.230. The van der Waals surface area contributed by atoms with Gasteiger partial charge in [0.05, 0.1) is 6.54 Å². The summed E-state index contributed by atoms with van der Waals surface area (Å²) in [4.78, 5) is 15.3. The van der Waals surface area contributed by atoms with E-state index in [1.165, 1.54) is 5.57 Å². The van der Waals surface area contributed by atoms with Crippen LogP contribution < -0.4 is 0 Å². The zero-order valence-electron chi connectivity index (χ0n) is 8.71. The molecule has 3 nitrogen and oxygen atoms in total. The number of nitrogens with zero attached hydrogens (tertiary/aromatic N) is 2. The maximum absolute atomic E-state index is 11.3. The van der Waals surface area contributed by atoms with Gasteiger partial charge in [-0.25, -0.2) is 0 Å². The lowest BCUT2D eigenvalue weighted by Gasteiger charge is -2.31. The molecule has 1 heterocycles. The van der Waals surface area contributed by atoms with Crippen LogP contribution >= 0.6 is 0 Å². The second-order valence-electron chi connectivity index (χ2n) is 3.83. The third-order valence-corrected chi connectivity index (χ3v) is 2.29. The number of rotatable bonds is 2. The summed E-state index contributed by atoms with van der Waals surface area (Å²) in [6.45, 7) is 7.49. The summed E-state index contributed by atoms with van der Waals surface area (Å²) >= 11 is 0. The minimum absolute atomic E-state index is 0.230. The predicted molar refractivity (Wildman–Crippen MR) is 53.5 cm³/mol. The van der Waals surface area contributed by atoms with Crippen molar-refractivity contribution in [3.63, 3.8) is 0 Å². The van der Waals surface area contributed by atoms with Gasteiger partial charge in [-0.1, -0.05) is 11.6 Å². The van der Waals surface area contributed by atoms with Crippen molar-refractivity contribution in [3.05, 3.63) is 11.6 Å². The Hall–Kier alpha value is -0.830. The lowest BCUT2D eigenvalue weighted by Crippen LogP contribution is -2.48. The van der Waals surface area contributed by atoms with E-state index >= 15 is 0 Å². The molecule has 0 aliphatic carbocycles. The van der Waals surface area contributed by atoms with Crippen LogP contribution in [0.2, 0.25) is 0 Å². The van der Waals surface area contributed by atoms with Crippen molar-refractivity contribution >= 4 is 5.91 Å². The number of likely N-dealkylation sites (N-methyl/N-ethyl adjacent to an activating group) is 1. The second kappa shape index (κ2) is 4.42. The highest BCUT2D eigenvalue weighted by molar-refractivity contribution is 5.78. The summed E-state index contributed by atoms with van der Waals surface area (Å²) in [7, 11) is 1.86. The Morgan fingerprint density at radius 3 is 2.69 bits per heavy atom. The minimum Gasteiger partial charge on any atom is -0.343 e. The van der Waals surface area contributed by atoms with Crippen molar-refractivity contribution in [1.29, 1.82) is 0 Å². The Labute approximate surface area is 80.0 Å². The number of piperazine rings is 1. The lowest BCUT2D eigenvalue weighted by atomic mass is 10.3. The molecule has 0 atom stereocenters. The molecule has 1 rings (SSSR count). The van der Waals surface area contributed by atoms with Gasteiger partial charge < -0.3 is 4.90 Å². The van der Waals surface area contributed by atoms with E-state index in [1.54, 1.807) is 4.90 Å². The fraction of sp³-hybridized carbons (Fsp3) is 0.700. The van der Waals surface area contributed by atoms with Crippen molar-refractivity contribution in [2.24, 2.45) is 0 Å². The molecule has 0 saturated carbocycles. The molecular formula is C10H18N2O. The Morgan fingerprint density at radius 2 is 2.15 bits per heavy atom. The molecule has 1 aliphatic rings. The van der Waals surface area contributed by atoms with Gasteiger partial charge in [-0.2, -0.15) is 0 Å². The summed E-state index contributed by atoms with van der Waals surface area (Å²) < 4.78 is 0. The number of carbonyl (C=O) groups is 1. The van der Waals surface area contributed by atoms with Crippen LogP contribution in [-0.2, 0) is 4.79 Å². The van der Waals surface area contributed by atoms with E-state index in [2.05, 4.69) is 24.8 Å². The van der Waals surface area contributed by atoms with Crippen molar-refractivity contribution in [2.75, 3.05) is 33.2 Å². The van der Waals surface area contributed by atoms with Gasteiger partial charge >= 0.3 is 0 Å². The van der Waals surface area contributed by atoms with Gasteiger partial charge in [0.1, 0.15) is 0 Å². The molecule has 0 aromatic carbocycles. The highest BCUT2D eigenvalue weighted by atomic mass is 16.2. The molecular weight excluding hydrogens is 164 g/mol. The average Bonchev–Trinajstić information content (AvgIpc) is 2.07. The highest BCUT2D eigenvalue weighted by Crippen LogP contribution is 2.01. The summed E-state index contributed by atoms with van der Waals surface area (Å²) in [5, 5.41) is 0. The third kappa shape index (κ3) is 3.19. The summed E-state index contributed by atoms with van der Waals surface area (Å²) in [6.07, 6.45) is 2.17. The Morgan fingerprint density at radius 1 is 1.46 bits per heavy atom. The number of allylic oxidation sites excluding steroid dienone is 1. The van der Waals surface area contributed by atoms with E-state index in [0.717, 1.165) is 19.6 Å². The lowest BCUT2D eigenvalue weighted by molar-refractivity contribution is -0.134. The molecule has 74 valence electrons.